The Morgan fingerprint density at radius 3 is 2.88 bits per heavy atom. The van der Waals surface area contributed by atoms with Crippen LogP contribution in [-0.4, -0.2) is 26.2 Å². The molecule has 1 aliphatic carbocycles. The maximum absolute atomic E-state index is 12.8. The van der Waals surface area contributed by atoms with Crippen LogP contribution < -0.4 is 0 Å². The van der Waals surface area contributed by atoms with Gasteiger partial charge < -0.3 is 9.40 Å². The van der Waals surface area contributed by atoms with Crippen LogP contribution >= 0.6 is 11.8 Å². The van der Waals surface area contributed by atoms with Gasteiger partial charge >= 0.3 is 0 Å². The third-order valence-corrected chi connectivity index (χ3v) is 5.81. The van der Waals surface area contributed by atoms with E-state index in [2.05, 4.69) is 15.2 Å². The van der Waals surface area contributed by atoms with E-state index in [1.807, 2.05) is 31.2 Å². The predicted octanol–water partition coefficient (Wildman–Crippen LogP) is 4.96. The Morgan fingerprint density at radius 2 is 2.04 bits per heavy atom. The van der Waals surface area contributed by atoms with Gasteiger partial charge in [-0.05, 0) is 25.8 Å². The minimum atomic E-state index is -0.279. The van der Waals surface area contributed by atoms with Gasteiger partial charge in [0.05, 0.1) is 5.25 Å². The second-order valence-electron chi connectivity index (χ2n) is 6.61. The van der Waals surface area contributed by atoms with E-state index in [-0.39, 0.29) is 11.0 Å². The Balaban J connectivity index is 1.47. The third kappa shape index (κ3) is 3.35. The third-order valence-electron chi connectivity index (χ3n) is 4.88. The molecule has 6 heteroatoms. The number of rotatable bonds is 5. The van der Waals surface area contributed by atoms with Gasteiger partial charge in [-0.3, -0.25) is 4.79 Å². The zero-order valence-corrected chi connectivity index (χ0v) is 15.0. The van der Waals surface area contributed by atoms with Crippen molar-refractivity contribution in [2.75, 3.05) is 0 Å². The van der Waals surface area contributed by atoms with Crippen LogP contribution in [0.25, 0.3) is 10.9 Å². The summed E-state index contributed by atoms with van der Waals surface area (Å²) < 4.78 is 5.83. The molecule has 2 aromatic heterocycles. The number of para-hydroxylation sites is 1. The van der Waals surface area contributed by atoms with Crippen LogP contribution in [0.4, 0.5) is 0 Å². The highest BCUT2D eigenvalue weighted by atomic mass is 32.2. The number of benzene rings is 1. The highest BCUT2D eigenvalue weighted by Crippen LogP contribution is 2.34. The first-order valence-electron chi connectivity index (χ1n) is 8.83. The molecule has 2 heterocycles. The number of aromatic nitrogens is 3. The van der Waals surface area contributed by atoms with Crippen molar-refractivity contribution in [3.8, 4) is 0 Å². The summed E-state index contributed by atoms with van der Waals surface area (Å²) in [6.07, 6.45) is 7.77. The van der Waals surface area contributed by atoms with Crippen molar-refractivity contribution in [3.05, 3.63) is 41.9 Å². The van der Waals surface area contributed by atoms with E-state index in [0.717, 1.165) is 29.6 Å². The Morgan fingerprint density at radius 1 is 1.24 bits per heavy atom. The molecule has 1 atom stereocenters. The molecule has 0 amide bonds. The number of hydrogen-bond donors (Lipinski definition) is 1. The molecular weight excluding hydrogens is 334 g/mol. The van der Waals surface area contributed by atoms with Crippen LogP contribution in [0.2, 0.25) is 0 Å². The maximum Gasteiger partial charge on any atom is 0.277 e. The average molecular weight is 355 g/mol. The first kappa shape index (κ1) is 16.4. The number of H-pyrrole nitrogens is 1. The van der Waals surface area contributed by atoms with Crippen LogP contribution in [0.15, 0.2) is 40.1 Å². The normalized spacial score (nSPS) is 17.0. The topological polar surface area (TPSA) is 71.8 Å². The van der Waals surface area contributed by atoms with Crippen molar-refractivity contribution in [2.24, 2.45) is 0 Å². The molecular formula is C19H21N3O2S. The number of thioether (sulfide) groups is 1. The predicted molar refractivity (Wildman–Crippen MR) is 98.1 cm³/mol. The van der Waals surface area contributed by atoms with Crippen LogP contribution in [0.1, 0.15) is 61.2 Å². The number of aromatic amines is 1. The fraction of sp³-hybridized carbons (Fsp3) is 0.421. The average Bonchev–Trinajstić information content (AvgIpc) is 3.29. The first-order chi connectivity index (χ1) is 12.2. The number of carbonyl (C=O) groups is 1. The monoisotopic (exact) mass is 355 g/mol. The fourth-order valence-corrected chi connectivity index (χ4v) is 4.24. The van der Waals surface area contributed by atoms with Gasteiger partial charge in [0.15, 0.2) is 5.78 Å². The van der Waals surface area contributed by atoms with E-state index in [1.165, 1.54) is 31.0 Å². The SMILES string of the molecule is C[C@@H](Sc1nnc(C2CCCCC2)o1)C(=O)c1c[nH]c2ccccc12. The van der Waals surface area contributed by atoms with Gasteiger partial charge in [0, 0.05) is 28.6 Å². The minimum Gasteiger partial charge on any atom is -0.416 e. The lowest BCUT2D eigenvalue weighted by Gasteiger charge is -2.17. The number of nitrogens with zero attached hydrogens (tertiary/aromatic N) is 2. The Kier molecular flexibility index (Phi) is 4.61. The van der Waals surface area contributed by atoms with Crippen LogP contribution in [0, 0.1) is 0 Å². The Hall–Kier alpha value is -2.08. The van der Waals surface area contributed by atoms with E-state index in [4.69, 9.17) is 4.42 Å². The molecule has 5 nitrogen and oxygen atoms in total. The van der Waals surface area contributed by atoms with E-state index < -0.39 is 0 Å². The number of fused-ring (bicyclic) bond motifs is 1. The van der Waals surface area contributed by atoms with E-state index in [0.29, 0.717) is 16.7 Å². The molecule has 0 bridgehead atoms. The lowest BCUT2D eigenvalue weighted by atomic mass is 9.89. The second-order valence-corrected chi connectivity index (χ2v) is 7.91. The summed E-state index contributed by atoms with van der Waals surface area (Å²) in [4.78, 5) is 16.0. The van der Waals surface area contributed by atoms with Crippen molar-refractivity contribution in [1.82, 2.24) is 15.2 Å². The smallest absolute Gasteiger partial charge is 0.277 e. The Labute approximate surface area is 150 Å². The van der Waals surface area contributed by atoms with Crippen molar-refractivity contribution in [3.63, 3.8) is 0 Å². The van der Waals surface area contributed by atoms with Crippen molar-refractivity contribution >= 4 is 28.4 Å². The molecule has 4 rings (SSSR count). The van der Waals surface area contributed by atoms with E-state index in [1.54, 1.807) is 6.20 Å². The summed E-state index contributed by atoms with van der Waals surface area (Å²) in [5.74, 6) is 1.18. The molecule has 0 spiro atoms. The van der Waals surface area contributed by atoms with E-state index >= 15 is 0 Å². The van der Waals surface area contributed by atoms with Crippen molar-refractivity contribution < 1.29 is 9.21 Å². The van der Waals surface area contributed by atoms with Gasteiger partial charge in [-0.1, -0.05) is 49.2 Å². The van der Waals surface area contributed by atoms with Gasteiger partial charge in [0.25, 0.3) is 5.22 Å². The standard InChI is InChI=1S/C19H21N3O2S/c1-12(17(23)15-11-20-16-10-6-5-9-14(15)16)25-19-22-21-18(24-19)13-7-3-2-4-8-13/h5-6,9-13,20H,2-4,7-8H2,1H3/t12-/m1/s1. The molecule has 1 aromatic carbocycles. The first-order valence-corrected chi connectivity index (χ1v) is 9.70. The van der Waals surface area contributed by atoms with Gasteiger partial charge in [-0.25, -0.2) is 0 Å². The van der Waals surface area contributed by atoms with E-state index in [9.17, 15) is 4.79 Å². The van der Waals surface area contributed by atoms with Crippen LogP contribution in [-0.2, 0) is 0 Å². The molecule has 3 aromatic rings. The highest BCUT2D eigenvalue weighted by molar-refractivity contribution is 8.00. The largest absolute Gasteiger partial charge is 0.416 e. The highest BCUT2D eigenvalue weighted by Gasteiger charge is 2.25. The number of carbonyl (C=O) groups excluding carboxylic acids is 1. The summed E-state index contributed by atoms with van der Waals surface area (Å²) in [6.45, 7) is 1.89. The second kappa shape index (κ2) is 7.04. The fourth-order valence-electron chi connectivity index (χ4n) is 3.48. The maximum atomic E-state index is 12.8. The molecule has 0 aliphatic heterocycles. The molecule has 130 valence electrons. The minimum absolute atomic E-state index is 0.0693. The van der Waals surface area contributed by atoms with Crippen molar-refractivity contribution in [2.45, 2.75) is 55.4 Å². The summed E-state index contributed by atoms with van der Waals surface area (Å²) in [5, 5.41) is 9.51. The summed E-state index contributed by atoms with van der Waals surface area (Å²) in [5.41, 5.74) is 1.68. The zero-order valence-electron chi connectivity index (χ0n) is 14.2. The molecule has 1 saturated carbocycles. The lowest BCUT2D eigenvalue weighted by Crippen LogP contribution is -2.13. The molecule has 0 saturated heterocycles. The number of ketones is 1. The van der Waals surface area contributed by atoms with Crippen molar-refractivity contribution in [1.29, 1.82) is 0 Å². The molecule has 1 aliphatic rings. The van der Waals surface area contributed by atoms with Crippen LogP contribution in [0.5, 0.6) is 0 Å². The molecule has 0 radical (unpaired) electrons. The number of hydrogen-bond acceptors (Lipinski definition) is 5. The van der Waals surface area contributed by atoms with Crippen LogP contribution in [0.3, 0.4) is 0 Å². The number of nitrogens with one attached hydrogen (secondary N) is 1. The molecule has 25 heavy (non-hydrogen) atoms. The quantitative estimate of drug-likeness (QED) is 0.517. The molecule has 1 N–H and O–H groups in total. The lowest BCUT2D eigenvalue weighted by molar-refractivity contribution is 0.0995. The van der Waals surface area contributed by atoms with Gasteiger partial charge in [0.2, 0.25) is 5.89 Å². The van der Waals surface area contributed by atoms with Gasteiger partial charge in [0.1, 0.15) is 0 Å². The Bertz CT molecular complexity index is 880. The zero-order chi connectivity index (χ0) is 17.2. The molecule has 1 fully saturated rings. The molecule has 0 unspecified atom stereocenters. The van der Waals surface area contributed by atoms with Gasteiger partial charge in [-0.2, -0.15) is 0 Å². The number of Topliss-reactive ketones (excluding diaryl/α,β-unsaturated/α-hetero) is 1. The summed E-state index contributed by atoms with van der Waals surface area (Å²) in [6, 6.07) is 7.83. The van der Waals surface area contributed by atoms with Gasteiger partial charge in [-0.15, -0.1) is 10.2 Å². The summed E-state index contributed by atoms with van der Waals surface area (Å²) >= 11 is 1.34. The summed E-state index contributed by atoms with van der Waals surface area (Å²) in [7, 11) is 0.